The van der Waals surface area contributed by atoms with Gasteiger partial charge in [0.2, 0.25) is 5.89 Å². The van der Waals surface area contributed by atoms with Crippen molar-refractivity contribution in [3.05, 3.63) is 45.6 Å². The van der Waals surface area contributed by atoms with Crippen LogP contribution in [-0.4, -0.2) is 35.3 Å². The number of halogens is 1. The first-order valence-corrected chi connectivity index (χ1v) is 8.22. The van der Waals surface area contributed by atoms with E-state index in [-0.39, 0.29) is 16.4 Å². The summed E-state index contributed by atoms with van der Waals surface area (Å²) in [5.74, 6) is -0.971. The zero-order valence-corrected chi connectivity index (χ0v) is 12.9. The Kier molecular flexibility index (Phi) is 4.76. The smallest absolute Gasteiger partial charge is 0.284 e. The fraction of sp³-hybridized carbons (Fsp3) is 0.182. The number of hydrogen-bond donors (Lipinski definition) is 2. The van der Waals surface area contributed by atoms with Gasteiger partial charge in [0, 0.05) is 10.6 Å². The molecule has 10 heteroatoms. The molecule has 112 valence electrons. The van der Waals surface area contributed by atoms with E-state index in [2.05, 4.69) is 27.6 Å². The van der Waals surface area contributed by atoms with Crippen LogP contribution in [0.2, 0.25) is 5.02 Å². The van der Waals surface area contributed by atoms with Crippen molar-refractivity contribution in [1.82, 2.24) is 10.2 Å². The van der Waals surface area contributed by atoms with Crippen molar-refractivity contribution in [3.8, 4) is 0 Å². The quantitative estimate of drug-likeness (QED) is 0.371. The zero-order chi connectivity index (χ0) is 15.5. The number of oxime groups is 1. The zero-order valence-electron chi connectivity index (χ0n) is 10.5. The molecular weight excluding hydrogens is 338 g/mol. The van der Waals surface area contributed by atoms with Gasteiger partial charge < -0.3 is 9.62 Å². The van der Waals surface area contributed by atoms with E-state index in [1.807, 2.05) is 0 Å². The van der Waals surface area contributed by atoms with E-state index in [1.54, 1.807) is 24.3 Å². The van der Waals surface area contributed by atoms with Crippen molar-refractivity contribution in [1.29, 1.82) is 0 Å². The Morgan fingerprint density at radius 2 is 2.10 bits per heavy atom. The van der Waals surface area contributed by atoms with E-state index < -0.39 is 21.3 Å². The Bertz CT molecular complexity index is 808. The molecule has 1 heterocycles. The van der Waals surface area contributed by atoms with Crippen molar-refractivity contribution in [3.63, 3.8) is 0 Å². The van der Waals surface area contributed by atoms with Gasteiger partial charge in [-0.1, -0.05) is 28.9 Å². The van der Waals surface area contributed by atoms with Gasteiger partial charge in [0.1, 0.15) is 11.5 Å². The van der Waals surface area contributed by atoms with Crippen molar-refractivity contribution in [2.24, 2.45) is 5.16 Å². The maximum Gasteiger partial charge on any atom is 0.284 e. The van der Waals surface area contributed by atoms with E-state index in [0.29, 0.717) is 10.6 Å². The molecule has 0 amide bonds. The highest BCUT2D eigenvalue weighted by Crippen LogP contribution is 2.13. The molecule has 0 atom stereocenters. The molecule has 2 aromatic rings. The second kappa shape index (κ2) is 6.37. The summed E-state index contributed by atoms with van der Waals surface area (Å²) in [5.41, 5.74) is 0.453. The summed E-state index contributed by atoms with van der Waals surface area (Å²) in [7, 11) is -3.64. The predicted molar refractivity (Wildman–Crippen MR) is 79.0 cm³/mol. The minimum absolute atomic E-state index is 0.000740. The number of rotatable bonds is 5. The summed E-state index contributed by atoms with van der Waals surface area (Å²) in [6.45, 7) is 0. The number of aromatic nitrogens is 2. The molecule has 0 aliphatic carbocycles. The topological polar surface area (TPSA) is 109 Å². The molecule has 2 N–H and O–H groups in total. The number of nitrogens with one attached hydrogen (secondary N) is 1. The van der Waals surface area contributed by atoms with Crippen molar-refractivity contribution in [2.75, 3.05) is 5.75 Å². The summed E-state index contributed by atoms with van der Waals surface area (Å²) in [6, 6.07) is 6.27. The van der Waals surface area contributed by atoms with Crippen LogP contribution in [0.15, 0.2) is 33.8 Å². The van der Waals surface area contributed by atoms with Crippen molar-refractivity contribution < 1.29 is 18.0 Å². The largest absolute Gasteiger partial charge is 0.413 e. The standard InChI is InChI=1S/C11H10ClN3O4S2/c12-8-3-1-7(2-4-8)9(15-16)5-21(17,18)6-10-13-14-11(20)19-10/h1-4,16H,5-6H2,(H,14,20)/b15-9-. The van der Waals surface area contributed by atoms with Crippen molar-refractivity contribution in [2.45, 2.75) is 5.75 Å². The van der Waals surface area contributed by atoms with Gasteiger partial charge in [0.15, 0.2) is 9.84 Å². The average molecular weight is 348 g/mol. The van der Waals surface area contributed by atoms with Crippen LogP contribution in [-0.2, 0) is 15.6 Å². The van der Waals surface area contributed by atoms with Crippen LogP contribution >= 0.6 is 23.8 Å². The maximum atomic E-state index is 12.1. The van der Waals surface area contributed by atoms with E-state index in [0.717, 1.165) is 0 Å². The number of hydrogen-bond acceptors (Lipinski definition) is 7. The molecule has 0 saturated carbocycles. The van der Waals surface area contributed by atoms with E-state index in [4.69, 9.17) is 21.2 Å². The van der Waals surface area contributed by atoms with Crippen molar-refractivity contribution >= 4 is 39.4 Å². The van der Waals surface area contributed by atoms with E-state index in [9.17, 15) is 8.42 Å². The molecule has 0 radical (unpaired) electrons. The van der Waals surface area contributed by atoms with E-state index >= 15 is 0 Å². The SMILES string of the molecule is O=S(=O)(C/C(=N/O)c1ccc(Cl)cc1)Cc1n[nH]c(=S)o1. The molecular formula is C11H10ClN3O4S2. The van der Waals surface area contributed by atoms with Crippen LogP contribution in [0.4, 0.5) is 0 Å². The Balaban J connectivity index is 2.17. The Hall–Kier alpha value is -1.71. The van der Waals surface area contributed by atoms with Crippen LogP contribution in [0.25, 0.3) is 0 Å². The molecule has 0 saturated heterocycles. The van der Waals surface area contributed by atoms with Gasteiger partial charge in [-0.25, -0.2) is 13.5 Å². The molecule has 2 rings (SSSR count). The van der Waals surface area contributed by atoms with E-state index in [1.165, 1.54) is 0 Å². The lowest BCUT2D eigenvalue weighted by Gasteiger charge is -2.05. The van der Waals surface area contributed by atoms with Gasteiger partial charge in [0.05, 0.1) is 5.75 Å². The predicted octanol–water partition coefficient (Wildman–Crippen LogP) is 2.18. The van der Waals surface area contributed by atoms with Gasteiger partial charge in [-0.2, -0.15) is 0 Å². The number of benzene rings is 1. The fourth-order valence-corrected chi connectivity index (χ4v) is 3.09. The average Bonchev–Trinajstić information content (AvgIpc) is 2.81. The molecule has 0 aliphatic rings. The van der Waals surface area contributed by atoms with Gasteiger partial charge in [-0.05, 0) is 24.4 Å². The van der Waals surface area contributed by atoms with Gasteiger partial charge in [0.25, 0.3) is 4.84 Å². The Morgan fingerprint density at radius 3 is 2.62 bits per heavy atom. The third-order valence-corrected chi connectivity index (χ3v) is 4.31. The first-order valence-electron chi connectivity index (χ1n) is 5.61. The molecule has 0 unspecified atom stereocenters. The number of nitrogens with zero attached hydrogens (tertiary/aromatic N) is 2. The molecule has 1 aromatic carbocycles. The monoisotopic (exact) mass is 347 g/mol. The highest BCUT2D eigenvalue weighted by molar-refractivity contribution is 7.91. The normalized spacial score (nSPS) is 12.5. The van der Waals surface area contributed by atoms with Gasteiger partial charge in [-0.3, -0.25) is 0 Å². The molecule has 7 nitrogen and oxygen atoms in total. The minimum Gasteiger partial charge on any atom is -0.413 e. The fourth-order valence-electron chi connectivity index (χ4n) is 1.58. The lowest BCUT2D eigenvalue weighted by Crippen LogP contribution is -2.19. The van der Waals surface area contributed by atoms with Crippen LogP contribution < -0.4 is 0 Å². The minimum atomic E-state index is -3.64. The van der Waals surface area contributed by atoms with Gasteiger partial charge >= 0.3 is 0 Å². The highest BCUT2D eigenvalue weighted by atomic mass is 35.5. The van der Waals surface area contributed by atoms with Crippen LogP contribution in [0.3, 0.4) is 0 Å². The molecule has 21 heavy (non-hydrogen) atoms. The molecule has 0 aliphatic heterocycles. The first kappa shape index (κ1) is 15.7. The van der Waals surface area contributed by atoms with Crippen LogP contribution in [0.1, 0.15) is 11.5 Å². The third kappa shape index (κ3) is 4.38. The second-order valence-electron chi connectivity index (χ2n) is 4.09. The maximum absolute atomic E-state index is 12.1. The third-order valence-electron chi connectivity index (χ3n) is 2.48. The summed E-state index contributed by atoms with van der Waals surface area (Å²) in [6.07, 6.45) is 0. The van der Waals surface area contributed by atoms with Crippen LogP contribution in [0, 0.1) is 4.84 Å². The highest BCUT2D eigenvalue weighted by Gasteiger charge is 2.20. The first-order chi connectivity index (χ1) is 9.89. The summed E-state index contributed by atoms with van der Waals surface area (Å²) >= 11 is 10.4. The molecule has 0 spiro atoms. The number of sulfone groups is 1. The summed E-state index contributed by atoms with van der Waals surface area (Å²) in [4.78, 5) is -0.00560. The second-order valence-corrected chi connectivity index (χ2v) is 6.96. The molecule has 1 aromatic heterocycles. The number of H-pyrrole nitrogens is 1. The lowest BCUT2D eigenvalue weighted by atomic mass is 10.1. The lowest BCUT2D eigenvalue weighted by molar-refractivity contribution is 0.319. The summed E-state index contributed by atoms with van der Waals surface area (Å²) < 4.78 is 29.0. The Morgan fingerprint density at radius 1 is 1.43 bits per heavy atom. The summed E-state index contributed by atoms with van der Waals surface area (Å²) in [5, 5.41) is 18.5. The number of aromatic amines is 1. The van der Waals surface area contributed by atoms with Gasteiger partial charge in [-0.15, -0.1) is 5.10 Å². The molecule has 0 bridgehead atoms. The molecule has 0 fully saturated rings. The Labute approximate surface area is 130 Å². The van der Waals surface area contributed by atoms with Crippen LogP contribution in [0.5, 0.6) is 0 Å².